The van der Waals surface area contributed by atoms with E-state index in [1.54, 1.807) is 0 Å². The lowest BCUT2D eigenvalue weighted by atomic mass is 10.4. The molecule has 0 atom stereocenters. The SMILES string of the molecule is Cl/C(C=[N+]1CCOCC1)=C\N1CCOCC1. The normalized spacial score (nSPS) is 23.4. The van der Waals surface area contributed by atoms with Crippen molar-refractivity contribution in [1.82, 2.24) is 4.90 Å². The summed E-state index contributed by atoms with van der Waals surface area (Å²) in [6.45, 7) is 6.85. The van der Waals surface area contributed by atoms with E-state index in [0.717, 1.165) is 57.6 Å². The molecule has 16 heavy (non-hydrogen) atoms. The lowest BCUT2D eigenvalue weighted by Gasteiger charge is -2.25. The zero-order valence-corrected chi connectivity index (χ0v) is 10.2. The fourth-order valence-electron chi connectivity index (χ4n) is 1.80. The highest BCUT2D eigenvalue weighted by molar-refractivity contribution is 6.38. The summed E-state index contributed by atoms with van der Waals surface area (Å²) in [6.07, 6.45) is 4.00. The third-order valence-corrected chi connectivity index (χ3v) is 2.90. The standard InChI is InChI=1S/C11H18ClN2O2/c12-11(9-13-1-5-15-6-2-13)10-14-3-7-16-8-4-14/h9-10H,1-8H2/q+1. The summed E-state index contributed by atoms with van der Waals surface area (Å²) in [7, 11) is 0. The van der Waals surface area contributed by atoms with Crippen LogP contribution in [0.4, 0.5) is 0 Å². The summed E-state index contributed by atoms with van der Waals surface area (Å²) >= 11 is 6.19. The maximum absolute atomic E-state index is 6.19. The number of hydrogen-bond donors (Lipinski definition) is 0. The second kappa shape index (κ2) is 6.23. The number of allylic oxidation sites excluding steroid dienone is 1. The van der Waals surface area contributed by atoms with E-state index in [1.165, 1.54) is 0 Å². The van der Waals surface area contributed by atoms with Crippen LogP contribution in [0.2, 0.25) is 0 Å². The van der Waals surface area contributed by atoms with Gasteiger partial charge in [-0.2, -0.15) is 0 Å². The van der Waals surface area contributed by atoms with E-state index in [0.29, 0.717) is 0 Å². The average molecular weight is 246 g/mol. The van der Waals surface area contributed by atoms with Crippen molar-refractivity contribution in [1.29, 1.82) is 0 Å². The number of rotatable bonds is 2. The molecule has 0 unspecified atom stereocenters. The molecule has 0 amide bonds. The van der Waals surface area contributed by atoms with E-state index in [-0.39, 0.29) is 0 Å². The Morgan fingerprint density at radius 2 is 1.69 bits per heavy atom. The molecule has 0 spiro atoms. The zero-order valence-electron chi connectivity index (χ0n) is 9.40. The largest absolute Gasteiger partial charge is 0.378 e. The lowest BCUT2D eigenvalue weighted by molar-refractivity contribution is -0.544. The molecule has 2 heterocycles. The third kappa shape index (κ3) is 3.77. The Balaban J connectivity index is 1.89. The van der Waals surface area contributed by atoms with Gasteiger partial charge in [0.25, 0.3) is 0 Å². The molecule has 0 aromatic heterocycles. The smallest absolute Gasteiger partial charge is 0.183 e. The van der Waals surface area contributed by atoms with Crippen LogP contribution in [-0.4, -0.2) is 68.3 Å². The molecule has 0 N–H and O–H groups in total. The molecule has 0 saturated carbocycles. The molecule has 90 valence electrons. The summed E-state index contributed by atoms with van der Waals surface area (Å²) in [5.74, 6) is 0. The highest BCUT2D eigenvalue weighted by atomic mass is 35.5. The Kier molecular flexibility index (Phi) is 4.63. The van der Waals surface area contributed by atoms with Gasteiger partial charge in [-0.25, -0.2) is 4.58 Å². The summed E-state index contributed by atoms with van der Waals surface area (Å²) < 4.78 is 12.8. The second-order valence-corrected chi connectivity index (χ2v) is 4.38. The van der Waals surface area contributed by atoms with Gasteiger partial charge in [-0.3, -0.25) is 0 Å². The van der Waals surface area contributed by atoms with E-state index in [1.807, 2.05) is 12.4 Å². The summed E-state index contributed by atoms with van der Waals surface area (Å²) in [4.78, 5) is 2.20. The van der Waals surface area contributed by atoms with Crippen molar-refractivity contribution < 1.29 is 14.0 Å². The van der Waals surface area contributed by atoms with Gasteiger partial charge in [0.15, 0.2) is 19.3 Å². The second-order valence-electron chi connectivity index (χ2n) is 3.94. The van der Waals surface area contributed by atoms with Gasteiger partial charge in [0, 0.05) is 19.3 Å². The third-order valence-electron chi connectivity index (χ3n) is 2.70. The maximum atomic E-state index is 6.19. The Morgan fingerprint density at radius 3 is 2.38 bits per heavy atom. The van der Waals surface area contributed by atoms with Crippen LogP contribution in [0.25, 0.3) is 0 Å². The molecular formula is C11H18ClN2O2+. The molecule has 2 saturated heterocycles. The zero-order chi connectivity index (χ0) is 11.2. The highest BCUT2D eigenvalue weighted by Gasteiger charge is 2.12. The van der Waals surface area contributed by atoms with Crippen molar-refractivity contribution >= 4 is 17.8 Å². The van der Waals surface area contributed by atoms with Gasteiger partial charge in [0.05, 0.1) is 13.2 Å². The quantitative estimate of drug-likeness (QED) is 0.663. The van der Waals surface area contributed by atoms with Gasteiger partial charge in [-0.15, -0.1) is 0 Å². The van der Waals surface area contributed by atoms with Crippen molar-refractivity contribution in [2.24, 2.45) is 0 Å². The van der Waals surface area contributed by atoms with E-state index in [2.05, 4.69) is 9.48 Å². The molecule has 2 rings (SSSR count). The molecule has 4 nitrogen and oxygen atoms in total. The fraction of sp³-hybridized carbons (Fsp3) is 0.727. The first-order valence-corrected chi connectivity index (χ1v) is 6.08. The predicted octanol–water partition coefficient (Wildman–Crippen LogP) is 0.512. The number of halogens is 1. The topological polar surface area (TPSA) is 24.7 Å². The van der Waals surface area contributed by atoms with Crippen LogP contribution in [-0.2, 0) is 9.47 Å². The van der Waals surface area contributed by atoms with Crippen LogP contribution < -0.4 is 0 Å². The monoisotopic (exact) mass is 245 g/mol. The van der Waals surface area contributed by atoms with Crippen molar-refractivity contribution in [3.63, 3.8) is 0 Å². The molecule has 2 aliphatic heterocycles. The molecule has 0 bridgehead atoms. The maximum Gasteiger partial charge on any atom is 0.183 e. The van der Waals surface area contributed by atoms with E-state index >= 15 is 0 Å². The van der Waals surface area contributed by atoms with Crippen molar-refractivity contribution in [2.45, 2.75) is 0 Å². The van der Waals surface area contributed by atoms with Gasteiger partial charge in [0.2, 0.25) is 0 Å². The molecular weight excluding hydrogens is 228 g/mol. The summed E-state index contributed by atoms with van der Waals surface area (Å²) in [5, 5.41) is 0.781. The molecule has 0 aromatic carbocycles. The Bertz CT molecular complexity index is 278. The number of morpholine rings is 2. The van der Waals surface area contributed by atoms with E-state index in [4.69, 9.17) is 21.1 Å². The van der Waals surface area contributed by atoms with E-state index in [9.17, 15) is 0 Å². The fourth-order valence-corrected chi connectivity index (χ4v) is 2.07. The van der Waals surface area contributed by atoms with Crippen LogP contribution in [0, 0.1) is 0 Å². The Hall–Kier alpha value is -0.580. The Labute approximate surface area is 101 Å². The molecule has 0 aromatic rings. The van der Waals surface area contributed by atoms with Crippen LogP contribution in [0.1, 0.15) is 0 Å². The van der Waals surface area contributed by atoms with E-state index < -0.39 is 0 Å². The minimum absolute atomic E-state index is 0.781. The molecule has 0 radical (unpaired) electrons. The number of hydrogen-bond acceptors (Lipinski definition) is 3. The Morgan fingerprint density at radius 1 is 1.06 bits per heavy atom. The summed E-state index contributed by atoms with van der Waals surface area (Å²) in [5.41, 5.74) is 0. The van der Waals surface area contributed by atoms with Crippen molar-refractivity contribution in [3.05, 3.63) is 11.2 Å². The first-order chi connectivity index (χ1) is 7.84. The van der Waals surface area contributed by atoms with Crippen LogP contribution in [0.15, 0.2) is 11.2 Å². The number of ether oxygens (including phenoxy) is 2. The molecule has 5 heteroatoms. The predicted molar refractivity (Wildman–Crippen MR) is 63.2 cm³/mol. The van der Waals surface area contributed by atoms with Crippen molar-refractivity contribution in [3.8, 4) is 0 Å². The van der Waals surface area contributed by atoms with Crippen molar-refractivity contribution in [2.75, 3.05) is 52.6 Å². The minimum atomic E-state index is 0.781. The summed E-state index contributed by atoms with van der Waals surface area (Å²) in [6, 6.07) is 0. The van der Waals surface area contributed by atoms with Gasteiger partial charge in [-0.1, -0.05) is 11.6 Å². The lowest BCUT2D eigenvalue weighted by Crippen LogP contribution is -2.33. The molecule has 2 aliphatic rings. The van der Waals surface area contributed by atoms with Gasteiger partial charge >= 0.3 is 0 Å². The average Bonchev–Trinajstić information content (AvgIpc) is 2.31. The van der Waals surface area contributed by atoms with Crippen LogP contribution in [0.3, 0.4) is 0 Å². The van der Waals surface area contributed by atoms with Gasteiger partial charge in [-0.05, 0) is 0 Å². The van der Waals surface area contributed by atoms with Crippen LogP contribution >= 0.6 is 11.6 Å². The van der Waals surface area contributed by atoms with Gasteiger partial charge < -0.3 is 14.4 Å². The molecule has 0 aliphatic carbocycles. The van der Waals surface area contributed by atoms with Gasteiger partial charge in [0.1, 0.15) is 18.2 Å². The highest BCUT2D eigenvalue weighted by Crippen LogP contribution is 2.04. The first-order valence-electron chi connectivity index (χ1n) is 5.70. The minimum Gasteiger partial charge on any atom is -0.378 e. The number of nitrogens with zero attached hydrogens (tertiary/aromatic N) is 2. The first kappa shape index (κ1) is 11.9. The van der Waals surface area contributed by atoms with Crippen LogP contribution in [0.5, 0.6) is 0 Å². The molecule has 2 fully saturated rings.